The van der Waals surface area contributed by atoms with Crippen molar-refractivity contribution in [2.45, 2.75) is 51.4 Å². The maximum atomic E-state index is 10.3. The van der Waals surface area contributed by atoms with Crippen LogP contribution in [0, 0.1) is 6.92 Å². The van der Waals surface area contributed by atoms with Crippen molar-refractivity contribution in [3.63, 3.8) is 0 Å². The lowest BCUT2D eigenvalue weighted by Gasteiger charge is -2.24. The number of phenolic OH excluding ortho intramolecular Hbond substituents is 2. The highest BCUT2D eigenvalue weighted by atomic mass is 16.3. The molecule has 0 amide bonds. The molecule has 0 unspecified atom stereocenters. The van der Waals surface area contributed by atoms with Crippen molar-refractivity contribution in [3.05, 3.63) is 58.7 Å². The molecule has 2 N–H and O–H groups in total. The molecule has 0 heterocycles. The van der Waals surface area contributed by atoms with Crippen LogP contribution in [0.4, 0.5) is 0 Å². The fourth-order valence-electron chi connectivity index (χ4n) is 3.57. The summed E-state index contributed by atoms with van der Waals surface area (Å²) in [6, 6.07) is 11.5. The molecule has 1 aliphatic rings. The molecule has 0 saturated heterocycles. The summed E-state index contributed by atoms with van der Waals surface area (Å²) in [7, 11) is 0. The first-order chi connectivity index (χ1) is 10.6. The van der Waals surface area contributed by atoms with Gasteiger partial charge in [0.05, 0.1) is 0 Å². The Morgan fingerprint density at radius 3 is 2.50 bits per heavy atom. The number of hydrogen-bond acceptors (Lipinski definition) is 2. The van der Waals surface area contributed by atoms with Crippen molar-refractivity contribution >= 4 is 0 Å². The monoisotopic (exact) mass is 296 g/mol. The second-order valence-corrected chi connectivity index (χ2v) is 6.52. The van der Waals surface area contributed by atoms with Crippen LogP contribution in [0.1, 0.15) is 60.3 Å². The number of hydrogen-bond donors (Lipinski definition) is 2. The van der Waals surface area contributed by atoms with Gasteiger partial charge in [-0.25, -0.2) is 0 Å². The fourth-order valence-corrected chi connectivity index (χ4v) is 3.57. The summed E-state index contributed by atoms with van der Waals surface area (Å²) in [5, 5.41) is 20.0. The molecule has 0 radical (unpaired) electrons. The van der Waals surface area contributed by atoms with Gasteiger partial charge < -0.3 is 10.2 Å². The molecule has 0 spiro atoms. The third kappa shape index (κ3) is 3.27. The van der Waals surface area contributed by atoms with Crippen LogP contribution in [-0.4, -0.2) is 10.2 Å². The van der Waals surface area contributed by atoms with Gasteiger partial charge in [0.15, 0.2) is 0 Å². The van der Waals surface area contributed by atoms with E-state index in [-0.39, 0.29) is 0 Å². The SMILES string of the molecule is Cc1cc(O)c(C2CCCCC2)cc1Cc1cccc(O)c1. The molecule has 0 bridgehead atoms. The van der Waals surface area contributed by atoms with Crippen LogP contribution >= 0.6 is 0 Å². The summed E-state index contributed by atoms with van der Waals surface area (Å²) in [4.78, 5) is 0. The number of rotatable bonds is 3. The summed E-state index contributed by atoms with van der Waals surface area (Å²) < 4.78 is 0. The molecule has 0 aromatic heterocycles. The molecular formula is C20H24O2. The normalized spacial score (nSPS) is 15.9. The standard InChI is InChI=1S/C20H24O2/c1-14-10-20(22)19(16-7-3-2-4-8-16)13-17(14)11-15-6-5-9-18(21)12-15/h5-6,9-10,12-13,16,21-22H,2-4,7-8,11H2,1H3. The largest absolute Gasteiger partial charge is 0.508 e. The molecule has 116 valence electrons. The molecular weight excluding hydrogens is 272 g/mol. The van der Waals surface area contributed by atoms with Crippen LogP contribution in [0.25, 0.3) is 0 Å². The molecule has 2 heteroatoms. The Balaban J connectivity index is 1.90. The summed E-state index contributed by atoms with van der Waals surface area (Å²) in [6.07, 6.45) is 7.00. The Bertz CT molecular complexity index is 655. The van der Waals surface area contributed by atoms with E-state index in [2.05, 4.69) is 6.07 Å². The molecule has 1 aliphatic carbocycles. The van der Waals surface area contributed by atoms with E-state index in [0.29, 0.717) is 17.4 Å². The van der Waals surface area contributed by atoms with Crippen molar-refractivity contribution in [1.82, 2.24) is 0 Å². The van der Waals surface area contributed by atoms with Crippen LogP contribution < -0.4 is 0 Å². The predicted octanol–water partition coefficient (Wildman–Crippen LogP) is 5.04. The van der Waals surface area contributed by atoms with Gasteiger partial charge in [0, 0.05) is 0 Å². The summed E-state index contributed by atoms with van der Waals surface area (Å²) in [6.45, 7) is 2.04. The highest BCUT2D eigenvalue weighted by molar-refractivity contribution is 5.45. The molecule has 2 nitrogen and oxygen atoms in total. The van der Waals surface area contributed by atoms with Crippen molar-refractivity contribution < 1.29 is 10.2 Å². The third-order valence-corrected chi connectivity index (χ3v) is 4.84. The number of aromatic hydroxyl groups is 2. The lowest BCUT2D eigenvalue weighted by Crippen LogP contribution is -2.06. The first-order valence-electron chi connectivity index (χ1n) is 8.24. The average molecular weight is 296 g/mol. The van der Waals surface area contributed by atoms with Gasteiger partial charge in [-0.05, 0) is 72.6 Å². The molecule has 0 aliphatic heterocycles. The Hall–Kier alpha value is -1.96. The average Bonchev–Trinajstić information content (AvgIpc) is 2.51. The maximum Gasteiger partial charge on any atom is 0.119 e. The topological polar surface area (TPSA) is 40.5 Å². The molecule has 0 atom stereocenters. The van der Waals surface area contributed by atoms with Crippen molar-refractivity contribution in [2.24, 2.45) is 0 Å². The van der Waals surface area contributed by atoms with Gasteiger partial charge in [0.25, 0.3) is 0 Å². The summed E-state index contributed by atoms with van der Waals surface area (Å²) in [5.41, 5.74) is 4.56. The van der Waals surface area contributed by atoms with E-state index in [1.807, 2.05) is 31.2 Å². The zero-order chi connectivity index (χ0) is 15.5. The van der Waals surface area contributed by atoms with E-state index >= 15 is 0 Å². The van der Waals surface area contributed by atoms with Crippen molar-refractivity contribution in [3.8, 4) is 11.5 Å². The van der Waals surface area contributed by atoms with E-state index in [1.54, 1.807) is 6.07 Å². The smallest absolute Gasteiger partial charge is 0.119 e. The van der Waals surface area contributed by atoms with E-state index in [9.17, 15) is 10.2 Å². The molecule has 2 aromatic rings. The predicted molar refractivity (Wildman–Crippen MR) is 89.6 cm³/mol. The minimum atomic E-state index is 0.307. The van der Waals surface area contributed by atoms with Gasteiger partial charge in [0.1, 0.15) is 11.5 Å². The number of benzene rings is 2. The van der Waals surface area contributed by atoms with E-state index in [0.717, 1.165) is 23.1 Å². The van der Waals surface area contributed by atoms with Crippen molar-refractivity contribution in [2.75, 3.05) is 0 Å². The quantitative estimate of drug-likeness (QED) is 0.832. The summed E-state index contributed by atoms with van der Waals surface area (Å²) in [5.74, 6) is 1.25. The third-order valence-electron chi connectivity index (χ3n) is 4.84. The Labute approximate surface area is 132 Å². The lowest BCUT2D eigenvalue weighted by molar-refractivity contribution is 0.414. The zero-order valence-electron chi connectivity index (χ0n) is 13.2. The van der Waals surface area contributed by atoms with Crippen LogP contribution in [0.5, 0.6) is 11.5 Å². The van der Waals surface area contributed by atoms with Crippen molar-refractivity contribution in [1.29, 1.82) is 0 Å². The Kier molecular flexibility index (Phi) is 4.37. The fraction of sp³-hybridized carbons (Fsp3) is 0.400. The van der Waals surface area contributed by atoms with Crippen LogP contribution in [0.2, 0.25) is 0 Å². The van der Waals surface area contributed by atoms with Gasteiger partial charge in [-0.3, -0.25) is 0 Å². The first kappa shape index (κ1) is 15.0. The molecule has 1 saturated carbocycles. The summed E-state index contributed by atoms with van der Waals surface area (Å²) >= 11 is 0. The van der Waals surface area contributed by atoms with Gasteiger partial charge in [0.2, 0.25) is 0 Å². The minimum Gasteiger partial charge on any atom is -0.508 e. The number of phenols is 2. The second kappa shape index (κ2) is 6.43. The Morgan fingerprint density at radius 2 is 1.77 bits per heavy atom. The molecule has 3 rings (SSSR count). The number of aryl methyl sites for hydroxylation is 1. The first-order valence-corrected chi connectivity index (χ1v) is 8.24. The zero-order valence-corrected chi connectivity index (χ0v) is 13.2. The highest BCUT2D eigenvalue weighted by Crippen LogP contribution is 2.38. The highest BCUT2D eigenvalue weighted by Gasteiger charge is 2.19. The van der Waals surface area contributed by atoms with Gasteiger partial charge in [-0.15, -0.1) is 0 Å². The minimum absolute atomic E-state index is 0.307. The van der Waals surface area contributed by atoms with Gasteiger partial charge in [-0.1, -0.05) is 37.5 Å². The van der Waals surface area contributed by atoms with Crippen LogP contribution in [0.3, 0.4) is 0 Å². The van der Waals surface area contributed by atoms with Crippen LogP contribution in [-0.2, 0) is 6.42 Å². The molecule has 2 aromatic carbocycles. The Morgan fingerprint density at radius 1 is 1.00 bits per heavy atom. The molecule has 22 heavy (non-hydrogen) atoms. The maximum absolute atomic E-state index is 10.3. The second-order valence-electron chi connectivity index (χ2n) is 6.52. The van der Waals surface area contributed by atoms with E-state index in [1.165, 1.54) is 37.7 Å². The van der Waals surface area contributed by atoms with Gasteiger partial charge in [-0.2, -0.15) is 0 Å². The molecule has 1 fully saturated rings. The van der Waals surface area contributed by atoms with Crippen LogP contribution in [0.15, 0.2) is 36.4 Å². The van der Waals surface area contributed by atoms with E-state index in [4.69, 9.17) is 0 Å². The van der Waals surface area contributed by atoms with Gasteiger partial charge >= 0.3 is 0 Å². The lowest BCUT2D eigenvalue weighted by atomic mass is 9.82. The van der Waals surface area contributed by atoms with E-state index < -0.39 is 0 Å².